The third kappa shape index (κ3) is 4.33. The van der Waals surface area contributed by atoms with E-state index in [4.69, 9.17) is 4.74 Å². The fraction of sp³-hybridized carbons (Fsp3) is 0.333. The van der Waals surface area contributed by atoms with Crippen molar-refractivity contribution in [1.82, 2.24) is 4.31 Å². The Balaban J connectivity index is 1.81. The van der Waals surface area contributed by atoms with E-state index < -0.39 is 32.4 Å². The molecule has 1 heterocycles. The highest BCUT2D eigenvalue weighted by Gasteiger charge is 2.34. The molecular weight excluding hydrogens is 427 g/mol. The number of anilines is 1. The van der Waals surface area contributed by atoms with Gasteiger partial charge in [0.1, 0.15) is 10.6 Å². The first-order valence-corrected chi connectivity index (χ1v) is 10.2. The molecule has 1 aliphatic heterocycles. The van der Waals surface area contributed by atoms with Gasteiger partial charge in [0, 0.05) is 44.0 Å². The predicted octanol–water partition coefficient (Wildman–Crippen LogP) is 3.13. The largest absolute Gasteiger partial charge is 0.495 e. The van der Waals surface area contributed by atoms with Crippen LogP contribution in [0.4, 0.5) is 24.5 Å². The monoisotopic (exact) mass is 445 g/mol. The molecule has 0 aromatic heterocycles. The Kier molecular flexibility index (Phi) is 5.90. The van der Waals surface area contributed by atoms with Crippen LogP contribution in [0.25, 0.3) is 0 Å². The van der Waals surface area contributed by atoms with Crippen molar-refractivity contribution in [1.29, 1.82) is 0 Å². The van der Waals surface area contributed by atoms with Crippen LogP contribution in [0.3, 0.4) is 0 Å². The highest BCUT2D eigenvalue weighted by molar-refractivity contribution is 7.89. The molecule has 0 bridgehead atoms. The number of nitro groups is 1. The van der Waals surface area contributed by atoms with Crippen LogP contribution in [0.2, 0.25) is 0 Å². The summed E-state index contributed by atoms with van der Waals surface area (Å²) in [5, 5.41) is 11.0. The van der Waals surface area contributed by atoms with Crippen molar-refractivity contribution >= 4 is 21.4 Å². The minimum Gasteiger partial charge on any atom is -0.495 e. The number of piperazine rings is 1. The zero-order valence-electron chi connectivity index (χ0n) is 15.8. The van der Waals surface area contributed by atoms with E-state index in [2.05, 4.69) is 0 Å². The number of ether oxygens (including phenoxy) is 1. The predicted molar refractivity (Wildman–Crippen MR) is 102 cm³/mol. The second kappa shape index (κ2) is 8.11. The summed E-state index contributed by atoms with van der Waals surface area (Å²) in [5.41, 5.74) is -0.830. The normalized spacial score (nSPS) is 15.8. The van der Waals surface area contributed by atoms with E-state index in [0.29, 0.717) is 5.69 Å². The van der Waals surface area contributed by atoms with Crippen molar-refractivity contribution in [3.05, 3.63) is 58.1 Å². The summed E-state index contributed by atoms with van der Waals surface area (Å²) < 4.78 is 71.0. The molecule has 1 aliphatic rings. The van der Waals surface area contributed by atoms with E-state index in [9.17, 15) is 31.7 Å². The average molecular weight is 445 g/mol. The molecule has 0 amide bonds. The van der Waals surface area contributed by atoms with Crippen molar-refractivity contribution in [2.75, 3.05) is 38.2 Å². The third-order valence-electron chi connectivity index (χ3n) is 4.75. The SMILES string of the molecule is COc1ccc([N+](=O)[O-])cc1S(=O)(=O)N1CCN(c2cccc(C(F)(F)F)c2)CC1. The van der Waals surface area contributed by atoms with E-state index in [1.165, 1.54) is 25.3 Å². The Morgan fingerprint density at radius 2 is 1.73 bits per heavy atom. The van der Waals surface area contributed by atoms with Crippen LogP contribution in [-0.4, -0.2) is 50.9 Å². The average Bonchev–Trinajstić information content (AvgIpc) is 2.72. The molecule has 2 aromatic carbocycles. The summed E-state index contributed by atoms with van der Waals surface area (Å²) in [6, 6.07) is 8.12. The number of hydrogen-bond acceptors (Lipinski definition) is 6. The van der Waals surface area contributed by atoms with Gasteiger partial charge in [0.2, 0.25) is 10.0 Å². The highest BCUT2D eigenvalue weighted by Crippen LogP contribution is 2.33. The number of halogens is 3. The maximum absolute atomic E-state index is 13.0. The first kappa shape index (κ1) is 21.8. The fourth-order valence-corrected chi connectivity index (χ4v) is 4.78. The van der Waals surface area contributed by atoms with Gasteiger partial charge in [-0.15, -0.1) is 0 Å². The standard InChI is InChI=1S/C18H18F3N3O5S/c1-29-16-6-5-15(24(25)26)12-17(16)30(27,28)23-9-7-22(8-10-23)14-4-2-3-13(11-14)18(19,20)21/h2-6,11-12H,7-10H2,1H3. The molecular formula is C18H18F3N3O5S. The van der Waals surface area contributed by atoms with Gasteiger partial charge >= 0.3 is 6.18 Å². The lowest BCUT2D eigenvalue weighted by molar-refractivity contribution is -0.385. The van der Waals surface area contributed by atoms with E-state index in [-0.39, 0.29) is 36.8 Å². The smallest absolute Gasteiger partial charge is 0.416 e. The Hall–Kier alpha value is -2.86. The molecule has 0 aliphatic carbocycles. The van der Waals surface area contributed by atoms with Crippen molar-refractivity contribution in [2.45, 2.75) is 11.1 Å². The molecule has 0 saturated carbocycles. The molecule has 3 rings (SSSR count). The molecule has 162 valence electrons. The minimum atomic E-state index is -4.47. The molecule has 0 N–H and O–H groups in total. The summed E-state index contributed by atoms with van der Waals surface area (Å²) in [6.07, 6.45) is -4.47. The van der Waals surface area contributed by atoms with Gasteiger partial charge in [0.15, 0.2) is 0 Å². The molecule has 30 heavy (non-hydrogen) atoms. The lowest BCUT2D eigenvalue weighted by Gasteiger charge is -2.35. The molecule has 0 spiro atoms. The Morgan fingerprint density at radius 3 is 2.30 bits per heavy atom. The second-order valence-corrected chi connectivity index (χ2v) is 8.44. The lowest BCUT2D eigenvalue weighted by atomic mass is 10.1. The molecule has 12 heteroatoms. The quantitative estimate of drug-likeness (QED) is 0.519. The van der Waals surface area contributed by atoms with Gasteiger partial charge in [0.25, 0.3) is 5.69 Å². The van der Waals surface area contributed by atoms with Crippen LogP contribution < -0.4 is 9.64 Å². The van der Waals surface area contributed by atoms with E-state index in [0.717, 1.165) is 28.6 Å². The highest BCUT2D eigenvalue weighted by atomic mass is 32.2. The zero-order chi connectivity index (χ0) is 22.1. The van der Waals surface area contributed by atoms with Gasteiger partial charge in [-0.05, 0) is 24.3 Å². The van der Waals surface area contributed by atoms with Crippen LogP contribution in [0.15, 0.2) is 47.4 Å². The Morgan fingerprint density at radius 1 is 1.07 bits per heavy atom. The fourth-order valence-electron chi connectivity index (χ4n) is 3.19. The summed E-state index contributed by atoms with van der Waals surface area (Å²) in [7, 11) is -2.84. The second-order valence-electron chi connectivity index (χ2n) is 6.53. The van der Waals surface area contributed by atoms with Crippen LogP contribution in [-0.2, 0) is 16.2 Å². The maximum Gasteiger partial charge on any atom is 0.416 e. The van der Waals surface area contributed by atoms with Crippen molar-refractivity contribution in [2.24, 2.45) is 0 Å². The molecule has 0 atom stereocenters. The van der Waals surface area contributed by atoms with E-state index in [1.807, 2.05) is 0 Å². The first-order valence-electron chi connectivity index (χ1n) is 8.79. The van der Waals surface area contributed by atoms with E-state index >= 15 is 0 Å². The molecule has 1 fully saturated rings. The number of sulfonamides is 1. The maximum atomic E-state index is 13.0. The van der Waals surface area contributed by atoms with Crippen molar-refractivity contribution in [3.63, 3.8) is 0 Å². The number of alkyl halides is 3. The zero-order valence-corrected chi connectivity index (χ0v) is 16.6. The Bertz CT molecular complexity index is 1050. The number of nitro benzene ring substituents is 1. The number of methoxy groups -OCH3 is 1. The number of nitrogens with zero attached hydrogens (tertiary/aromatic N) is 3. The van der Waals surface area contributed by atoms with Crippen LogP contribution in [0, 0.1) is 10.1 Å². The lowest BCUT2D eigenvalue weighted by Crippen LogP contribution is -2.48. The Labute approximate surface area is 170 Å². The van der Waals surface area contributed by atoms with Gasteiger partial charge in [-0.1, -0.05) is 6.07 Å². The minimum absolute atomic E-state index is 0.00439. The summed E-state index contributed by atoms with van der Waals surface area (Å²) in [6.45, 7) is 0.338. The van der Waals surface area contributed by atoms with Crippen molar-refractivity contribution in [3.8, 4) is 5.75 Å². The molecule has 2 aromatic rings. The third-order valence-corrected chi connectivity index (χ3v) is 6.67. The summed E-state index contributed by atoms with van der Waals surface area (Å²) in [5.74, 6) is -0.0269. The molecule has 0 radical (unpaired) electrons. The number of benzene rings is 2. The van der Waals surface area contributed by atoms with Crippen LogP contribution >= 0.6 is 0 Å². The molecule has 0 unspecified atom stereocenters. The van der Waals surface area contributed by atoms with Gasteiger partial charge in [-0.2, -0.15) is 17.5 Å². The molecule has 1 saturated heterocycles. The first-order chi connectivity index (χ1) is 14.0. The van der Waals surface area contributed by atoms with Crippen LogP contribution in [0.1, 0.15) is 5.56 Å². The summed E-state index contributed by atoms with van der Waals surface area (Å²) in [4.78, 5) is 11.7. The van der Waals surface area contributed by atoms with Crippen molar-refractivity contribution < 1.29 is 31.2 Å². The van der Waals surface area contributed by atoms with Gasteiger partial charge in [0.05, 0.1) is 17.6 Å². The van der Waals surface area contributed by atoms with Gasteiger partial charge < -0.3 is 9.64 Å². The van der Waals surface area contributed by atoms with Crippen LogP contribution in [0.5, 0.6) is 5.75 Å². The van der Waals surface area contributed by atoms with E-state index in [1.54, 1.807) is 4.90 Å². The summed E-state index contributed by atoms with van der Waals surface area (Å²) >= 11 is 0. The number of non-ortho nitro benzene ring substituents is 1. The van der Waals surface area contributed by atoms with Gasteiger partial charge in [-0.3, -0.25) is 10.1 Å². The molecule has 8 nitrogen and oxygen atoms in total. The van der Waals surface area contributed by atoms with Gasteiger partial charge in [-0.25, -0.2) is 8.42 Å². The number of rotatable bonds is 5. The topological polar surface area (TPSA) is 93.0 Å². The number of hydrogen-bond donors (Lipinski definition) is 0.